The molecule has 1 aromatic heterocycles. The Morgan fingerprint density at radius 3 is 2.14 bits per heavy atom. The lowest BCUT2D eigenvalue weighted by Gasteiger charge is -2.14. The van der Waals surface area contributed by atoms with E-state index in [4.69, 9.17) is 0 Å². The Balaban J connectivity index is 1.25. The smallest absolute Gasteiger partial charge is 0.266 e. The largest absolute Gasteiger partial charge is 0.352 e. The molecule has 4 aromatic rings. The molecule has 2 heterocycles. The molecule has 178 valence electrons. The first-order chi connectivity index (χ1) is 17.4. The van der Waals surface area contributed by atoms with Crippen LogP contribution in [0.3, 0.4) is 0 Å². The molecule has 8 nitrogen and oxygen atoms in total. The van der Waals surface area contributed by atoms with E-state index in [9.17, 15) is 19.2 Å². The van der Waals surface area contributed by atoms with E-state index in [-0.39, 0.29) is 23.6 Å². The molecular weight excluding hydrogens is 476 g/mol. The SMILES string of the molecule is CC(=O)NCc1ccc(-c2csc(NC(=O)c3ccc(N4C(=O)c5ccccc5C4=O)cc3)n2)cc1. The number of fused-ring (bicyclic) bond motifs is 1. The van der Waals surface area contributed by atoms with Crippen LogP contribution in [0.1, 0.15) is 43.6 Å². The van der Waals surface area contributed by atoms with Crippen molar-refractivity contribution in [2.45, 2.75) is 13.5 Å². The van der Waals surface area contributed by atoms with E-state index < -0.39 is 0 Å². The number of thiazole rings is 1. The number of benzene rings is 3. The summed E-state index contributed by atoms with van der Waals surface area (Å²) in [5, 5.41) is 7.84. The molecule has 1 aliphatic heterocycles. The summed E-state index contributed by atoms with van der Waals surface area (Å²) < 4.78 is 0. The molecule has 0 saturated carbocycles. The molecule has 0 fully saturated rings. The van der Waals surface area contributed by atoms with Crippen molar-refractivity contribution in [3.63, 3.8) is 0 Å². The van der Waals surface area contributed by atoms with Gasteiger partial charge < -0.3 is 5.32 Å². The monoisotopic (exact) mass is 496 g/mol. The fraction of sp³-hybridized carbons (Fsp3) is 0.0741. The van der Waals surface area contributed by atoms with Crippen LogP contribution in [0.4, 0.5) is 10.8 Å². The summed E-state index contributed by atoms with van der Waals surface area (Å²) in [5.74, 6) is -1.20. The Bertz CT molecular complexity index is 1460. The maximum absolute atomic E-state index is 12.7. The van der Waals surface area contributed by atoms with Crippen molar-refractivity contribution in [3.05, 3.63) is 100 Å². The van der Waals surface area contributed by atoms with Gasteiger partial charge in [0, 0.05) is 30.0 Å². The lowest BCUT2D eigenvalue weighted by Crippen LogP contribution is -2.29. The zero-order chi connectivity index (χ0) is 25.2. The Kier molecular flexibility index (Phi) is 6.14. The first-order valence-electron chi connectivity index (χ1n) is 11.1. The predicted molar refractivity (Wildman–Crippen MR) is 137 cm³/mol. The van der Waals surface area contributed by atoms with Gasteiger partial charge in [-0.3, -0.25) is 24.5 Å². The number of imide groups is 1. The number of nitrogens with one attached hydrogen (secondary N) is 2. The highest BCUT2D eigenvalue weighted by Gasteiger charge is 2.36. The molecule has 1 aliphatic rings. The topological polar surface area (TPSA) is 108 Å². The second-order valence-electron chi connectivity index (χ2n) is 8.14. The average Bonchev–Trinajstić information content (AvgIpc) is 3.46. The molecule has 36 heavy (non-hydrogen) atoms. The minimum absolute atomic E-state index is 0.0859. The van der Waals surface area contributed by atoms with Crippen molar-refractivity contribution in [1.29, 1.82) is 0 Å². The third-order valence-corrected chi connectivity index (χ3v) is 6.46. The van der Waals surface area contributed by atoms with Crippen molar-refractivity contribution in [2.24, 2.45) is 0 Å². The van der Waals surface area contributed by atoms with Gasteiger partial charge in [-0.25, -0.2) is 9.88 Å². The lowest BCUT2D eigenvalue weighted by atomic mass is 10.1. The number of anilines is 2. The van der Waals surface area contributed by atoms with Gasteiger partial charge in [0.15, 0.2) is 5.13 Å². The second-order valence-corrected chi connectivity index (χ2v) is 8.99. The quantitative estimate of drug-likeness (QED) is 0.382. The van der Waals surface area contributed by atoms with Crippen LogP contribution in [0.25, 0.3) is 11.3 Å². The molecular formula is C27H20N4O4S. The van der Waals surface area contributed by atoms with E-state index in [0.717, 1.165) is 21.7 Å². The van der Waals surface area contributed by atoms with Crippen molar-refractivity contribution in [3.8, 4) is 11.3 Å². The number of hydrogen-bond acceptors (Lipinski definition) is 6. The van der Waals surface area contributed by atoms with E-state index >= 15 is 0 Å². The molecule has 2 N–H and O–H groups in total. The Morgan fingerprint density at radius 2 is 1.53 bits per heavy atom. The van der Waals surface area contributed by atoms with Crippen LogP contribution in [0.15, 0.2) is 78.2 Å². The molecule has 0 saturated heterocycles. The molecule has 0 unspecified atom stereocenters. The van der Waals surface area contributed by atoms with Gasteiger partial charge in [-0.15, -0.1) is 11.3 Å². The third-order valence-electron chi connectivity index (χ3n) is 5.70. The first kappa shape index (κ1) is 23.1. The van der Waals surface area contributed by atoms with E-state index in [0.29, 0.717) is 34.1 Å². The number of amides is 4. The minimum Gasteiger partial charge on any atom is -0.352 e. The Labute approximate surface area is 210 Å². The van der Waals surface area contributed by atoms with Gasteiger partial charge in [-0.2, -0.15) is 0 Å². The number of rotatable bonds is 6. The number of carbonyl (C=O) groups is 4. The van der Waals surface area contributed by atoms with Crippen molar-refractivity contribution >= 4 is 45.8 Å². The molecule has 3 aromatic carbocycles. The summed E-state index contributed by atoms with van der Waals surface area (Å²) in [6.45, 7) is 1.93. The van der Waals surface area contributed by atoms with Crippen LogP contribution in [-0.2, 0) is 11.3 Å². The molecule has 0 radical (unpaired) electrons. The van der Waals surface area contributed by atoms with E-state index in [2.05, 4.69) is 15.6 Å². The predicted octanol–water partition coefficient (Wildman–Crippen LogP) is 4.50. The fourth-order valence-electron chi connectivity index (χ4n) is 3.84. The van der Waals surface area contributed by atoms with Gasteiger partial charge in [0.25, 0.3) is 17.7 Å². The highest BCUT2D eigenvalue weighted by molar-refractivity contribution is 7.14. The van der Waals surface area contributed by atoms with Gasteiger partial charge in [0.05, 0.1) is 22.5 Å². The van der Waals surface area contributed by atoms with Crippen LogP contribution in [0.5, 0.6) is 0 Å². The highest BCUT2D eigenvalue weighted by Crippen LogP contribution is 2.29. The van der Waals surface area contributed by atoms with Gasteiger partial charge in [0.1, 0.15) is 0 Å². The molecule has 4 amide bonds. The van der Waals surface area contributed by atoms with Crippen LogP contribution >= 0.6 is 11.3 Å². The zero-order valence-electron chi connectivity index (χ0n) is 19.1. The zero-order valence-corrected chi connectivity index (χ0v) is 20.0. The summed E-state index contributed by atoms with van der Waals surface area (Å²) >= 11 is 1.31. The van der Waals surface area contributed by atoms with Crippen molar-refractivity contribution in [1.82, 2.24) is 10.3 Å². The summed E-state index contributed by atoms with van der Waals surface area (Å²) in [6.07, 6.45) is 0. The summed E-state index contributed by atoms with van der Waals surface area (Å²) in [6, 6.07) is 20.6. The van der Waals surface area contributed by atoms with E-state index in [1.165, 1.54) is 18.3 Å². The third kappa shape index (κ3) is 4.51. The first-order valence-corrected chi connectivity index (χ1v) is 12.0. The minimum atomic E-state index is -0.383. The van der Waals surface area contributed by atoms with Crippen LogP contribution < -0.4 is 15.5 Å². The van der Waals surface area contributed by atoms with Crippen LogP contribution in [0, 0.1) is 0 Å². The van der Waals surface area contributed by atoms with Gasteiger partial charge in [-0.1, -0.05) is 36.4 Å². The lowest BCUT2D eigenvalue weighted by molar-refractivity contribution is -0.119. The molecule has 9 heteroatoms. The Hall–Kier alpha value is -4.63. The van der Waals surface area contributed by atoms with Gasteiger partial charge in [-0.05, 0) is 42.0 Å². The van der Waals surface area contributed by atoms with Crippen molar-refractivity contribution < 1.29 is 19.2 Å². The van der Waals surface area contributed by atoms with Gasteiger partial charge >= 0.3 is 0 Å². The number of carbonyl (C=O) groups excluding carboxylic acids is 4. The standard InChI is InChI=1S/C27H20N4O4S/c1-16(32)28-14-17-6-8-18(9-7-17)23-15-36-27(29-23)30-24(33)19-10-12-20(13-11-19)31-25(34)21-4-2-3-5-22(21)26(31)35/h2-13,15H,14H2,1H3,(H,28,32)(H,29,30,33). The normalized spacial score (nSPS) is 12.4. The number of hydrogen-bond donors (Lipinski definition) is 2. The maximum Gasteiger partial charge on any atom is 0.266 e. The molecule has 0 spiro atoms. The number of aromatic nitrogens is 1. The highest BCUT2D eigenvalue weighted by atomic mass is 32.1. The molecule has 0 bridgehead atoms. The average molecular weight is 497 g/mol. The summed E-state index contributed by atoms with van der Waals surface area (Å²) in [7, 11) is 0. The van der Waals surface area contributed by atoms with Crippen molar-refractivity contribution in [2.75, 3.05) is 10.2 Å². The Morgan fingerprint density at radius 1 is 0.889 bits per heavy atom. The second kappa shape index (κ2) is 9.55. The number of nitrogens with zero attached hydrogens (tertiary/aromatic N) is 2. The summed E-state index contributed by atoms with van der Waals surface area (Å²) in [4.78, 5) is 54.7. The molecule has 0 aliphatic carbocycles. The molecule has 5 rings (SSSR count). The molecule has 0 atom stereocenters. The van der Waals surface area contributed by atoms with E-state index in [1.807, 2.05) is 29.6 Å². The summed E-state index contributed by atoms with van der Waals surface area (Å²) in [5.41, 5.74) is 4.09. The maximum atomic E-state index is 12.7. The van der Waals surface area contributed by atoms with Crippen LogP contribution in [0.2, 0.25) is 0 Å². The van der Waals surface area contributed by atoms with Crippen LogP contribution in [-0.4, -0.2) is 28.6 Å². The fourth-order valence-corrected chi connectivity index (χ4v) is 4.55. The van der Waals surface area contributed by atoms with E-state index in [1.54, 1.807) is 48.5 Å². The van der Waals surface area contributed by atoms with Gasteiger partial charge in [0.2, 0.25) is 5.91 Å².